The van der Waals surface area contributed by atoms with Crippen molar-refractivity contribution in [3.63, 3.8) is 0 Å². The van der Waals surface area contributed by atoms with Gasteiger partial charge in [-0.3, -0.25) is 0 Å². The Morgan fingerprint density at radius 2 is 2.31 bits per heavy atom. The topological polar surface area (TPSA) is 68.2 Å². The number of hydrogen-bond donors (Lipinski definition) is 2. The van der Waals surface area contributed by atoms with Crippen LogP contribution in [0.2, 0.25) is 0 Å². The van der Waals surface area contributed by atoms with Crippen molar-refractivity contribution in [1.82, 2.24) is 14.6 Å². The lowest BCUT2D eigenvalue weighted by Crippen LogP contribution is -2.52. The molecule has 2 aromatic heterocycles. The van der Waals surface area contributed by atoms with Crippen LogP contribution in [0.15, 0.2) is 24.7 Å². The molecule has 1 aliphatic rings. The van der Waals surface area contributed by atoms with Gasteiger partial charge in [0.15, 0.2) is 5.82 Å². The van der Waals surface area contributed by atoms with Crippen molar-refractivity contribution >= 4 is 11.3 Å². The third-order valence-electron chi connectivity index (χ3n) is 3.28. The Hall–Kier alpha value is -1.62. The van der Waals surface area contributed by atoms with E-state index in [2.05, 4.69) is 15.4 Å². The number of aromatic nitrogens is 3. The second kappa shape index (κ2) is 3.45. The standard InChI is InChI=1S/C11H15N5/c12-11(3-1-4-11)8-14-10-9-2-5-15-16(9)7-6-13-10/h2,5-7H,1,3-4,8,12H2,(H,13,14). The number of nitrogens with zero attached hydrogens (tertiary/aromatic N) is 3. The summed E-state index contributed by atoms with van der Waals surface area (Å²) >= 11 is 0. The highest BCUT2D eigenvalue weighted by Gasteiger charge is 2.32. The second-order valence-corrected chi connectivity index (χ2v) is 4.51. The zero-order valence-electron chi connectivity index (χ0n) is 9.06. The number of rotatable bonds is 3. The lowest BCUT2D eigenvalue weighted by atomic mass is 9.78. The van der Waals surface area contributed by atoms with E-state index in [1.54, 1.807) is 16.9 Å². The van der Waals surface area contributed by atoms with E-state index in [-0.39, 0.29) is 5.54 Å². The third-order valence-corrected chi connectivity index (χ3v) is 3.28. The maximum Gasteiger partial charge on any atom is 0.152 e. The Labute approximate surface area is 93.7 Å². The summed E-state index contributed by atoms with van der Waals surface area (Å²) in [5, 5.41) is 7.48. The highest BCUT2D eigenvalue weighted by Crippen LogP contribution is 2.29. The molecule has 0 saturated heterocycles. The minimum absolute atomic E-state index is 0.0332. The molecule has 5 heteroatoms. The summed E-state index contributed by atoms with van der Waals surface area (Å²) in [4.78, 5) is 4.31. The summed E-state index contributed by atoms with van der Waals surface area (Å²) < 4.78 is 1.80. The van der Waals surface area contributed by atoms with Crippen molar-refractivity contribution in [3.8, 4) is 0 Å². The van der Waals surface area contributed by atoms with Crippen LogP contribution in [0.5, 0.6) is 0 Å². The summed E-state index contributed by atoms with van der Waals surface area (Å²) in [7, 11) is 0. The predicted molar refractivity (Wildman–Crippen MR) is 62.2 cm³/mol. The molecule has 0 unspecified atom stereocenters. The van der Waals surface area contributed by atoms with Crippen LogP contribution in [0.3, 0.4) is 0 Å². The molecule has 0 atom stereocenters. The summed E-state index contributed by atoms with van der Waals surface area (Å²) in [6.07, 6.45) is 8.78. The van der Waals surface area contributed by atoms with Gasteiger partial charge in [0, 0.05) is 24.5 Å². The molecule has 1 aliphatic carbocycles. The highest BCUT2D eigenvalue weighted by molar-refractivity contribution is 5.66. The van der Waals surface area contributed by atoms with Gasteiger partial charge in [0.1, 0.15) is 5.52 Å². The van der Waals surface area contributed by atoms with Gasteiger partial charge in [-0.2, -0.15) is 5.10 Å². The largest absolute Gasteiger partial charge is 0.366 e. The van der Waals surface area contributed by atoms with Crippen LogP contribution in [0.1, 0.15) is 19.3 Å². The first-order chi connectivity index (χ1) is 7.77. The predicted octanol–water partition coefficient (Wildman–Crippen LogP) is 1.02. The van der Waals surface area contributed by atoms with Gasteiger partial charge >= 0.3 is 0 Å². The van der Waals surface area contributed by atoms with Crippen LogP contribution >= 0.6 is 0 Å². The fraction of sp³-hybridized carbons (Fsp3) is 0.455. The van der Waals surface area contributed by atoms with Crippen molar-refractivity contribution < 1.29 is 0 Å². The molecule has 2 aromatic rings. The van der Waals surface area contributed by atoms with Gasteiger partial charge in [0.2, 0.25) is 0 Å². The average molecular weight is 217 g/mol. The molecule has 3 rings (SSSR count). The van der Waals surface area contributed by atoms with Crippen LogP contribution in [-0.2, 0) is 0 Å². The fourth-order valence-electron chi connectivity index (χ4n) is 2.06. The Bertz CT molecular complexity index is 500. The number of hydrogen-bond acceptors (Lipinski definition) is 4. The quantitative estimate of drug-likeness (QED) is 0.805. The zero-order valence-corrected chi connectivity index (χ0v) is 9.06. The molecule has 0 aromatic carbocycles. The average Bonchev–Trinajstić information content (AvgIpc) is 2.72. The molecule has 3 N–H and O–H groups in total. The first-order valence-electron chi connectivity index (χ1n) is 5.58. The second-order valence-electron chi connectivity index (χ2n) is 4.51. The van der Waals surface area contributed by atoms with Crippen molar-refractivity contribution in [3.05, 3.63) is 24.7 Å². The van der Waals surface area contributed by atoms with Crippen LogP contribution in [0.4, 0.5) is 5.82 Å². The van der Waals surface area contributed by atoms with Gasteiger partial charge in [-0.25, -0.2) is 9.50 Å². The minimum atomic E-state index is -0.0332. The molecule has 0 spiro atoms. The number of nitrogens with two attached hydrogens (primary N) is 1. The summed E-state index contributed by atoms with van der Waals surface area (Å²) in [5.41, 5.74) is 7.12. The molecule has 0 amide bonds. The lowest BCUT2D eigenvalue weighted by molar-refractivity contribution is 0.265. The van der Waals surface area contributed by atoms with Gasteiger partial charge in [-0.05, 0) is 25.3 Å². The zero-order chi connectivity index (χ0) is 11.0. The Morgan fingerprint density at radius 3 is 3.06 bits per heavy atom. The molecule has 0 bridgehead atoms. The first kappa shape index (κ1) is 9.59. The van der Waals surface area contributed by atoms with E-state index in [0.29, 0.717) is 0 Å². The van der Waals surface area contributed by atoms with Gasteiger partial charge < -0.3 is 11.1 Å². The van der Waals surface area contributed by atoms with E-state index in [1.807, 2.05) is 12.3 Å². The van der Waals surface area contributed by atoms with Gasteiger partial charge in [0.05, 0.1) is 6.20 Å². The smallest absolute Gasteiger partial charge is 0.152 e. The summed E-state index contributed by atoms with van der Waals surface area (Å²) in [6.45, 7) is 0.783. The summed E-state index contributed by atoms with van der Waals surface area (Å²) in [5.74, 6) is 0.858. The summed E-state index contributed by atoms with van der Waals surface area (Å²) in [6, 6.07) is 1.94. The highest BCUT2D eigenvalue weighted by atomic mass is 15.2. The maximum atomic E-state index is 6.16. The van der Waals surface area contributed by atoms with E-state index in [1.165, 1.54) is 6.42 Å². The van der Waals surface area contributed by atoms with Gasteiger partial charge in [0.25, 0.3) is 0 Å². The monoisotopic (exact) mass is 217 g/mol. The Morgan fingerprint density at radius 1 is 1.44 bits per heavy atom. The van der Waals surface area contributed by atoms with Crippen molar-refractivity contribution in [2.24, 2.45) is 5.73 Å². The SMILES string of the molecule is NC1(CNc2nccn3nccc23)CCC1. The lowest BCUT2D eigenvalue weighted by Gasteiger charge is -2.38. The normalized spacial score (nSPS) is 18.3. The molecule has 0 aliphatic heterocycles. The van der Waals surface area contributed by atoms with E-state index in [4.69, 9.17) is 5.73 Å². The van der Waals surface area contributed by atoms with E-state index >= 15 is 0 Å². The molecule has 1 fully saturated rings. The number of anilines is 1. The minimum Gasteiger partial charge on any atom is -0.366 e. The van der Waals surface area contributed by atoms with Crippen LogP contribution in [0, 0.1) is 0 Å². The molecular formula is C11H15N5. The van der Waals surface area contributed by atoms with Crippen LogP contribution in [-0.4, -0.2) is 26.7 Å². The van der Waals surface area contributed by atoms with Gasteiger partial charge in [-0.1, -0.05) is 0 Å². The molecule has 5 nitrogen and oxygen atoms in total. The Balaban J connectivity index is 1.81. The van der Waals surface area contributed by atoms with E-state index in [9.17, 15) is 0 Å². The van der Waals surface area contributed by atoms with E-state index < -0.39 is 0 Å². The van der Waals surface area contributed by atoms with Crippen molar-refractivity contribution in [2.45, 2.75) is 24.8 Å². The third kappa shape index (κ3) is 1.53. The number of nitrogens with one attached hydrogen (secondary N) is 1. The molecule has 84 valence electrons. The molecule has 0 radical (unpaired) electrons. The van der Waals surface area contributed by atoms with Gasteiger partial charge in [-0.15, -0.1) is 0 Å². The molecule has 16 heavy (non-hydrogen) atoms. The number of fused-ring (bicyclic) bond motifs is 1. The van der Waals surface area contributed by atoms with Crippen LogP contribution in [0.25, 0.3) is 5.52 Å². The fourth-order valence-corrected chi connectivity index (χ4v) is 2.06. The maximum absolute atomic E-state index is 6.16. The van der Waals surface area contributed by atoms with Crippen molar-refractivity contribution in [1.29, 1.82) is 0 Å². The molecular weight excluding hydrogens is 202 g/mol. The van der Waals surface area contributed by atoms with Crippen LogP contribution < -0.4 is 11.1 Å². The first-order valence-corrected chi connectivity index (χ1v) is 5.58. The van der Waals surface area contributed by atoms with Crippen molar-refractivity contribution in [2.75, 3.05) is 11.9 Å². The molecule has 2 heterocycles. The Kier molecular flexibility index (Phi) is 2.07. The molecule has 1 saturated carbocycles. The van der Waals surface area contributed by atoms with E-state index in [0.717, 1.165) is 30.7 Å².